The van der Waals surface area contributed by atoms with E-state index in [0.29, 0.717) is 0 Å². The Hall–Kier alpha value is -0.260. The average Bonchev–Trinajstić information content (AvgIpc) is 2.35. The highest BCUT2D eigenvalue weighted by Gasteiger charge is 1.90. The van der Waals surface area contributed by atoms with Crippen LogP contribution in [0.4, 0.5) is 0 Å². The number of rotatable bonds is 13. The number of allylic oxidation sites excluding steroid dienone is 2. The third-order valence-electron chi connectivity index (χ3n) is 3.37. The second kappa shape index (κ2) is 15.7. The maximum Gasteiger partial charge on any atom is -0.0351 e. The summed E-state index contributed by atoms with van der Waals surface area (Å²) in [4.78, 5) is 0. The summed E-state index contributed by atoms with van der Waals surface area (Å²) >= 11 is 0. The highest BCUT2D eigenvalue weighted by Crippen LogP contribution is 2.10. The molecule has 0 heteroatoms. The summed E-state index contributed by atoms with van der Waals surface area (Å²) in [7, 11) is 0. The molecule has 0 aliphatic rings. The largest absolute Gasteiger partial charge is 0.0885 e. The first kappa shape index (κ1) is 16.7. The summed E-state index contributed by atoms with van der Waals surface area (Å²) in [6.07, 6.45) is 22.9. The molecule has 17 heavy (non-hydrogen) atoms. The van der Waals surface area contributed by atoms with E-state index in [1.165, 1.54) is 83.5 Å². The molecule has 0 nitrogen and oxygen atoms in total. The summed E-state index contributed by atoms with van der Waals surface area (Å²) in [5.74, 6) is 0. The van der Waals surface area contributed by atoms with E-state index in [-0.39, 0.29) is 0 Å². The monoisotopic (exact) mass is 238 g/mol. The molecule has 0 unspecified atom stereocenters. The smallest absolute Gasteiger partial charge is 0.0351 e. The lowest BCUT2D eigenvalue weighted by Crippen LogP contribution is -1.80. The molecule has 102 valence electrons. The standard InChI is InChI=1S/C17H34/c1-3-5-7-9-11-13-15-17-16-14-12-10-8-6-4-2/h11,13H,3-10,12,14-17H2,1-2H3/b13-11+. The van der Waals surface area contributed by atoms with Gasteiger partial charge >= 0.3 is 0 Å². The van der Waals surface area contributed by atoms with Crippen LogP contribution in [0.1, 0.15) is 97.3 Å². The molecule has 0 spiro atoms. The van der Waals surface area contributed by atoms with Gasteiger partial charge in [-0.3, -0.25) is 0 Å². The van der Waals surface area contributed by atoms with E-state index in [9.17, 15) is 0 Å². The van der Waals surface area contributed by atoms with Gasteiger partial charge in [-0.2, -0.15) is 0 Å². The van der Waals surface area contributed by atoms with Crippen LogP contribution in [-0.2, 0) is 0 Å². The Morgan fingerprint density at radius 1 is 0.471 bits per heavy atom. The molecule has 0 atom stereocenters. The zero-order chi connectivity index (χ0) is 12.6. The molecular weight excluding hydrogens is 204 g/mol. The molecule has 0 aromatic heterocycles. The third kappa shape index (κ3) is 15.7. The van der Waals surface area contributed by atoms with Gasteiger partial charge in [0.15, 0.2) is 0 Å². The van der Waals surface area contributed by atoms with E-state index in [1.807, 2.05) is 0 Å². The first-order chi connectivity index (χ1) is 8.41. The number of unbranched alkanes of at least 4 members (excludes halogenated alkanes) is 11. The quantitative estimate of drug-likeness (QED) is 0.249. The van der Waals surface area contributed by atoms with Gasteiger partial charge in [-0.05, 0) is 25.7 Å². The molecule has 0 saturated heterocycles. The van der Waals surface area contributed by atoms with Gasteiger partial charge in [0.2, 0.25) is 0 Å². The fourth-order valence-corrected chi connectivity index (χ4v) is 2.14. The Balaban J connectivity index is 2.97. The molecule has 0 aliphatic heterocycles. The van der Waals surface area contributed by atoms with Gasteiger partial charge in [0.05, 0.1) is 0 Å². The Morgan fingerprint density at radius 3 is 1.35 bits per heavy atom. The van der Waals surface area contributed by atoms with Gasteiger partial charge in [-0.1, -0.05) is 83.8 Å². The Kier molecular flexibility index (Phi) is 15.5. The van der Waals surface area contributed by atoms with Crippen LogP contribution in [0.2, 0.25) is 0 Å². The van der Waals surface area contributed by atoms with E-state index in [2.05, 4.69) is 26.0 Å². The minimum Gasteiger partial charge on any atom is -0.0885 e. The van der Waals surface area contributed by atoms with E-state index in [1.54, 1.807) is 0 Å². The zero-order valence-electron chi connectivity index (χ0n) is 12.3. The molecule has 0 radical (unpaired) electrons. The summed E-state index contributed by atoms with van der Waals surface area (Å²) in [5.41, 5.74) is 0. The van der Waals surface area contributed by atoms with Crippen molar-refractivity contribution in [2.75, 3.05) is 0 Å². The molecule has 0 saturated carbocycles. The van der Waals surface area contributed by atoms with Crippen molar-refractivity contribution in [3.8, 4) is 0 Å². The lowest BCUT2D eigenvalue weighted by Gasteiger charge is -1.99. The lowest BCUT2D eigenvalue weighted by atomic mass is 10.1. The highest BCUT2D eigenvalue weighted by molar-refractivity contribution is 4.81. The topological polar surface area (TPSA) is 0 Å². The van der Waals surface area contributed by atoms with E-state index in [4.69, 9.17) is 0 Å². The van der Waals surface area contributed by atoms with Gasteiger partial charge < -0.3 is 0 Å². The fourth-order valence-electron chi connectivity index (χ4n) is 2.14. The van der Waals surface area contributed by atoms with Crippen molar-refractivity contribution in [3.05, 3.63) is 12.2 Å². The molecule has 0 amide bonds. The molecule has 0 heterocycles. The molecule has 0 aromatic carbocycles. The van der Waals surface area contributed by atoms with Crippen LogP contribution in [0.15, 0.2) is 12.2 Å². The van der Waals surface area contributed by atoms with Gasteiger partial charge in [0.25, 0.3) is 0 Å². The summed E-state index contributed by atoms with van der Waals surface area (Å²) < 4.78 is 0. The van der Waals surface area contributed by atoms with Crippen LogP contribution in [0.3, 0.4) is 0 Å². The normalized spacial score (nSPS) is 11.4. The van der Waals surface area contributed by atoms with Gasteiger partial charge in [-0.15, -0.1) is 0 Å². The van der Waals surface area contributed by atoms with Crippen molar-refractivity contribution < 1.29 is 0 Å². The SMILES string of the molecule is CCCCC/C=C/CCCCCCCCCC. The predicted molar refractivity (Wildman–Crippen MR) is 80.5 cm³/mol. The third-order valence-corrected chi connectivity index (χ3v) is 3.37. The number of hydrogen-bond acceptors (Lipinski definition) is 0. The van der Waals surface area contributed by atoms with Crippen molar-refractivity contribution >= 4 is 0 Å². The van der Waals surface area contributed by atoms with E-state index in [0.717, 1.165) is 0 Å². The second-order valence-corrected chi connectivity index (χ2v) is 5.23. The maximum atomic E-state index is 2.40. The molecule has 0 bridgehead atoms. The minimum atomic E-state index is 1.30. The molecule has 0 aromatic rings. The maximum absolute atomic E-state index is 2.40. The van der Waals surface area contributed by atoms with Gasteiger partial charge in [0, 0.05) is 0 Å². The first-order valence-electron chi connectivity index (χ1n) is 8.06. The molecule has 0 aliphatic carbocycles. The second-order valence-electron chi connectivity index (χ2n) is 5.23. The van der Waals surface area contributed by atoms with Crippen LogP contribution in [0.25, 0.3) is 0 Å². The average molecular weight is 238 g/mol. The number of hydrogen-bond donors (Lipinski definition) is 0. The van der Waals surface area contributed by atoms with Crippen LogP contribution in [0, 0.1) is 0 Å². The summed E-state index contributed by atoms with van der Waals surface area (Å²) in [6.45, 7) is 4.55. The van der Waals surface area contributed by atoms with Crippen molar-refractivity contribution in [1.29, 1.82) is 0 Å². The van der Waals surface area contributed by atoms with Crippen LogP contribution in [-0.4, -0.2) is 0 Å². The molecule has 0 rings (SSSR count). The van der Waals surface area contributed by atoms with Crippen LogP contribution < -0.4 is 0 Å². The zero-order valence-corrected chi connectivity index (χ0v) is 12.3. The van der Waals surface area contributed by atoms with Gasteiger partial charge in [0.1, 0.15) is 0 Å². The Labute approximate surface area is 110 Å². The molecular formula is C17H34. The highest BCUT2D eigenvalue weighted by atomic mass is 14.0. The molecule has 0 fully saturated rings. The van der Waals surface area contributed by atoms with Crippen molar-refractivity contribution in [2.45, 2.75) is 97.3 Å². The predicted octanol–water partition coefficient (Wildman–Crippen LogP) is 6.65. The van der Waals surface area contributed by atoms with Gasteiger partial charge in [-0.25, -0.2) is 0 Å². The summed E-state index contributed by atoms with van der Waals surface area (Å²) in [5, 5.41) is 0. The van der Waals surface area contributed by atoms with E-state index >= 15 is 0 Å². The fraction of sp³-hybridized carbons (Fsp3) is 0.882. The minimum absolute atomic E-state index is 1.30. The van der Waals surface area contributed by atoms with Crippen LogP contribution >= 0.6 is 0 Å². The van der Waals surface area contributed by atoms with E-state index < -0.39 is 0 Å². The van der Waals surface area contributed by atoms with Crippen LogP contribution in [0.5, 0.6) is 0 Å². The summed E-state index contributed by atoms with van der Waals surface area (Å²) in [6, 6.07) is 0. The Morgan fingerprint density at radius 2 is 0.824 bits per heavy atom. The van der Waals surface area contributed by atoms with Crippen molar-refractivity contribution in [2.24, 2.45) is 0 Å². The lowest BCUT2D eigenvalue weighted by molar-refractivity contribution is 0.577. The van der Waals surface area contributed by atoms with Crippen molar-refractivity contribution in [3.63, 3.8) is 0 Å². The first-order valence-corrected chi connectivity index (χ1v) is 8.06. The molecule has 0 N–H and O–H groups in total. The Bertz CT molecular complexity index is 146. The van der Waals surface area contributed by atoms with Crippen molar-refractivity contribution in [1.82, 2.24) is 0 Å².